The molecule has 1 aliphatic carbocycles. The topological polar surface area (TPSA) is 120 Å². The molecule has 1 aromatic heterocycles. The molecule has 8 nitrogen and oxygen atoms in total. The second-order valence-corrected chi connectivity index (χ2v) is 12.4. The quantitative estimate of drug-likeness (QED) is 0.277. The molecule has 9 heteroatoms. The Labute approximate surface area is 240 Å². The summed E-state index contributed by atoms with van der Waals surface area (Å²) in [5.41, 5.74) is 4.50. The number of benzene rings is 3. The molecule has 0 spiro atoms. The van der Waals surface area contributed by atoms with E-state index in [9.17, 15) is 18.0 Å². The Balaban J connectivity index is 1.41. The molecule has 3 N–H and O–H groups in total. The molecule has 0 aliphatic heterocycles. The number of nitrogens with two attached hydrogens (primary N) is 1. The first-order chi connectivity index (χ1) is 19.6. The number of methoxy groups -OCH3 is 1. The number of aromatic nitrogens is 1. The Kier molecular flexibility index (Phi) is 8.02. The Morgan fingerprint density at radius 1 is 1.02 bits per heavy atom. The third kappa shape index (κ3) is 5.92. The zero-order chi connectivity index (χ0) is 29.3. The van der Waals surface area contributed by atoms with Crippen molar-refractivity contribution < 1.29 is 22.7 Å². The maximum Gasteiger partial charge on any atom is 0.251 e. The lowest BCUT2D eigenvalue weighted by molar-refractivity contribution is 0.0947. The van der Waals surface area contributed by atoms with Crippen molar-refractivity contribution in [2.75, 3.05) is 13.7 Å². The molecule has 1 aliphatic rings. The van der Waals surface area contributed by atoms with Crippen molar-refractivity contribution in [2.45, 2.75) is 43.9 Å². The smallest absolute Gasteiger partial charge is 0.251 e. The van der Waals surface area contributed by atoms with E-state index < -0.39 is 10.0 Å². The van der Waals surface area contributed by atoms with Gasteiger partial charge >= 0.3 is 0 Å². The molecule has 4 aromatic rings. The number of primary sulfonamides is 1. The van der Waals surface area contributed by atoms with E-state index in [4.69, 9.17) is 9.88 Å². The minimum Gasteiger partial charge on any atom is -0.496 e. The maximum absolute atomic E-state index is 13.4. The molecule has 3 aromatic carbocycles. The second-order valence-electron chi connectivity index (χ2n) is 10.9. The highest BCUT2D eigenvalue weighted by Crippen LogP contribution is 2.30. The molecule has 1 amide bonds. The summed E-state index contributed by atoms with van der Waals surface area (Å²) in [7, 11) is -0.435. The van der Waals surface area contributed by atoms with Crippen LogP contribution < -0.4 is 15.2 Å². The van der Waals surface area contributed by atoms with Crippen LogP contribution in [0.5, 0.6) is 5.75 Å². The number of hydrogen-bond donors (Lipinski definition) is 2. The first-order valence-electron chi connectivity index (χ1n) is 13.8. The normalized spacial score (nSPS) is 14.0. The van der Waals surface area contributed by atoms with Gasteiger partial charge in [-0.2, -0.15) is 0 Å². The fraction of sp³-hybridized carbons (Fsp3) is 0.312. The predicted octanol–water partition coefficient (Wildman–Crippen LogP) is 4.88. The first kappa shape index (κ1) is 28.6. The number of ketones is 1. The van der Waals surface area contributed by atoms with Crippen LogP contribution in [-0.4, -0.2) is 38.3 Å². The van der Waals surface area contributed by atoms with Gasteiger partial charge in [0.2, 0.25) is 10.0 Å². The molecule has 0 bridgehead atoms. The number of nitrogens with one attached hydrogen (secondary N) is 1. The number of rotatable bonds is 9. The van der Waals surface area contributed by atoms with Gasteiger partial charge in [0.1, 0.15) is 5.75 Å². The number of carbonyl (C=O) groups excluding carboxylic acids is 2. The average molecular weight is 574 g/mol. The minimum absolute atomic E-state index is 0.0594. The molecule has 0 unspecified atom stereocenters. The van der Waals surface area contributed by atoms with Crippen molar-refractivity contribution in [3.05, 3.63) is 94.2 Å². The van der Waals surface area contributed by atoms with E-state index in [1.165, 1.54) is 37.8 Å². The number of fused-ring (bicyclic) bond motifs is 1. The second kappa shape index (κ2) is 11.5. The van der Waals surface area contributed by atoms with E-state index in [1.54, 1.807) is 32.2 Å². The lowest BCUT2D eigenvalue weighted by atomic mass is 9.96. The SMILES string of the molecule is COc1cc(C(=O)c2cccc(S(N)(=O)=O)c2C)ccc1Cc1cn(C)c2ccc(C(=O)NCC3CCCC3)cc12. The summed E-state index contributed by atoms with van der Waals surface area (Å²) in [5, 5.41) is 9.42. The van der Waals surface area contributed by atoms with Gasteiger partial charge in [0, 0.05) is 53.8 Å². The average Bonchev–Trinajstić information content (AvgIpc) is 3.58. The molecular weight excluding hydrogens is 538 g/mol. The fourth-order valence-corrected chi connectivity index (χ4v) is 6.68. The third-order valence-electron chi connectivity index (χ3n) is 8.13. The molecule has 0 radical (unpaired) electrons. The monoisotopic (exact) mass is 573 g/mol. The van der Waals surface area contributed by atoms with Crippen molar-refractivity contribution in [1.82, 2.24) is 9.88 Å². The van der Waals surface area contributed by atoms with Crippen LogP contribution in [0.1, 0.15) is 68.7 Å². The zero-order valence-electron chi connectivity index (χ0n) is 23.6. The van der Waals surface area contributed by atoms with Gasteiger partial charge in [-0.05, 0) is 72.7 Å². The molecule has 1 fully saturated rings. The summed E-state index contributed by atoms with van der Waals surface area (Å²) >= 11 is 0. The van der Waals surface area contributed by atoms with Gasteiger partial charge in [0.05, 0.1) is 12.0 Å². The molecule has 1 heterocycles. The summed E-state index contributed by atoms with van der Waals surface area (Å²) in [6, 6.07) is 15.5. The predicted molar refractivity (Wildman–Crippen MR) is 159 cm³/mol. The van der Waals surface area contributed by atoms with Crippen LogP contribution in [0.2, 0.25) is 0 Å². The van der Waals surface area contributed by atoms with Crippen molar-refractivity contribution in [2.24, 2.45) is 18.1 Å². The summed E-state index contributed by atoms with van der Waals surface area (Å²) < 4.78 is 31.6. The van der Waals surface area contributed by atoms with Crippen molar-refractivity contribution in [1.29, 1.82) is 0 Å². The largest absolute Gasteiger partial charge is 0.496 e. The molecule has 5 rings (SSSR count). The van der Waals surface area contributed by atoms with Crippen LogP contribution in [0.25, 0.3) is 10.9 Å². The van der Waals surface area contributed by atoms with Crippen LogP contribution in [0.15, 0.2) is 65.7 Å². The van der Waals surface area contributed by atoms with E-state index in [1.807, 2.05) is 42.1 Å². The van der Waals surface area contributed by atoms with Gasteiger partial charge < -0.3 is 14.6 Å². The Morgan fingerprint density at radius 2 is 1.76 bits per heavy atom. The number of amides is 1. The highest BCUT2D eigenvalue weighted by Gasteiger charge is 2.21. The summed E-state index contributed by atoms with van der Waals surface area (Å²) in [4.78, 5) is 26.2. The van der Waals surface area contributed by atoms with Gasteiger partial charge in [-0.3, -0.25) is 9.59 Å². The molecule has 0 saturated heterocycles. The van der Waals surface area contributed by atoms with Gasteiger partial charge in [0.15, 0.2) is 5.78 Å². The standard InChI is InChI=1S/C32H35N3O5S/c1-20-26(9-6-10-30(20)41(33,38)39)31(36)23-12-11-22(29(17-23)40-3)15-25-19-35(2)28-14-13-24(16-27(25)28)32(37)34-18-21-7-4-5-8-21/h6,9-14,16-17,19,21H,4-5,7-8,15,18H2,1-3H3,(H,34,37)(H2,33,38,39). The highest BCUT2D eigenvalue weighted by atomic mass is 32.2. The van der Waals surface area contributed by atoms with Crippen molar-refractivity contribution in [3.63, 3.8) is 0 Å². The first-order valence-corrected chi connectivity index (χ1v) is 15.3. The van der Waals surface area contributed by atoms with Gasteiger partial charge in [-0.15, -0.1) is 0 Å². The van der Waals surface area contributed by atoms with Gasteiger partial charge in [-0.25, -0.2) is 13.6 Å². The Bertz CT molecular complexity index is 1750. The molecule has 0 atom stereocenters. The minimum atomic E-state index is -3.96. The van der Waals surface area contributed by atoms with E-state index in [-0.39, 0.29) is 22.1 Å². The van der Waals surface area contributed by atoms with Crippen LogP contribution >= 0.6 is 0 Å². The molecule has 1 saturated carbocycles. The van der Waals surface area contributed by atoms with E-state index in [0.29, 0.717) is 41.3 Å². The van der Waals surface area contributed by atoms with Crippen LogP contribution in [0, 0.1) is 12.8 Å². The number of sulfonamides is 1. The van der Waals surface area contributed by atoms with Crippen LogP contribution in [0.4, 0.5) is 0 Å². The van der Waals surface area contributed by atoms with E-state index in [0.717, 1.165) is 22.0 Å². The number of hydrogen-bond acceptors (Lipinski definition) is 5. The fourth-order valence-electron chi connectivity index (χ4n) is 5.87. The Morgan fingerprint density at radius 3 is 2.46 bits per heavy atom. The maximum atomic E-state index is 13.4. The molecule has 41 heavy (non-hydrogen) atoms. The zero-order valence-corrected chi connectivity index (χ0v) is 24.4. The highest BCUT2D eigenvalue weighted by molar-refractivity contribution is 7.89. The molecular formula is C32H35N3O5S. The summed E-state index contributed by atoms with van der Waals surface area (Å²) in [6.07, 6.45) is 7.41. The Hall–Kier alpha value is -3.95. The van der Waals surface area contributed by atoms with Crippen LogP contribution in [-0.2, 0) is 23.5 Å². The van der Waals surface area contributed by atoms with Gasteiger partial charge in [0.25, 0.3) is 5.91 Å². The van der Waals surface area contributed by atoms with E-state index >= 15 is 0 Å². The molecule has 214 valence electrons. The number of carbonyl (C=O) groups is 2. The van der Waals surface area contributed by atoms with Crippen molar-refractivity contribution >= 4 is 32.6 Å². The van der Waals surface area contributed by atoms with E-state index in [2.05, 4.69) is 5.32 Å². The van der Waals surface area contributed by atoms with Crippen LogP contribution in [0.3, 0.4) is 0 Å². The van der Waals surface area contributed by atoms with Crippen molar-refractivity contribution in [3.8, 4) is 5.75 Å². The number of ether oxygens (including phenoxy) is 1. The summed E-state index contributed by atoms with van der Waals surface area (Å²) in [5.74, 6) is 0.726. The number of nitrogens with zero attached hydrogens (tertiary/aromatic N) is 1. The lowest BCUT2D eigenvalue weighted by Crippen LogP contribution is -2.28. The summed E-state index contributed by atoms with van der Waals surface area (Å²) in [6.45, 7) is 2.29. The lowest BCUT2D eigenvalue weighted by Gasteiger charge is -2.13. The third-order valence-corrected chi connectivity index (χ3v) is 9.18. The van der Waals surface area contributed by atoms with Gasteiger partial charge in [-0.1, -0.05) is 37.1 Å². The number of aryl methyl sites for hydroxylation is 1.